The van der Waals surface area contributed by atoms with Crippen LogP contribution in [0.3, 0.4) is 0 Å². The summed E-state index contributed by atoms with van der Waals surface area (Å²) in [7, 11) is 1.68. The average Bonchev–Trinajstić information content (AvgIpc) is 3.08. The number of carbonyl (C=O) groups excluding carboxylic acids is 1. The fraction of sp³-hybridized carbons (Fsp3) is 0.200. The van der Waals surface area contributed by atoms with E-state index < -0.39 is 4.92 Å². The molecule has 3 aromatic rings. The van der Waals surface area contributed by atoms with Crippen LogP contribution in [-0.4, -0.2) is 32.6 Å². The minimum atomic E-state index is -0.440. The summed E-state index contributed by atoms with van der Waals surface area (Å²) in [6.07, 6.45) is 1.55. The minimum Gasteiger partial charge on any atom is -0.335 e. The first-order chi connectivity index (χ1) is 13.3. The summed E-state index contributed by atoms with van der Waals surface area (Å²) in [6, 6.07) is 13.6. The van der Waals surface area contributed by atoms with Crippen molar-refractivity contribution in [1.29, 1.82) is 0 Å². The van der Waals surface area contributed by atoms with Gasteiger partial charge in [-0.2, -0.15) is 5.10 Å². The highest BCUT2D eigenvalue weighted by atomic mass is 79.9. The Morgan fingerprint density at radius 2 is 1.93 bits per heavy atom. The summed E-state index contributed by atoms with van der Waals surface area (Å²) in [4.78, 5) is 25.2. The van der Waals surface area contributed by atoms with Crippen LogP contribution in [0.5, 0.6) is 0 Å². The van der Waals surface area contributed by atoms with Crippen LogP contribution in [0.2, 0.25) is 0 Å². The number of nitro benzene ring substituents is 1. The number of aromatic nitrogens is 2. The van der Waals surface area contributed by atoms with Gasteiger partial charge in [-0.15, -0.1) is 0 Å². The predicted octanol–water partition coefficient (Wildman–Crippen LogP) is 4.68. The van der Waals surface area contributed by atoms with E-state index in [-0.39, 0.29) is 17.6 Å². The number of nitro groups is 1. The summed E-state index contributed by atoms with van der Waals surface area (Å²) < 4.78 is 2.67. The molecule has 8 heteroatoms. The lowest BCUT2D eigenvalue weighted by molar-refractivity contribution is -0.384. The van der Waals surface area contributed by atoms with Gasteiger partial charge in [-0.3, -0.25) is 14.9 Å². The summed E-state index contributed by atoms with van der Waals surface area (Å²) >= 11 is 3.40. The maximum Gasteiger partial charge on any atom is 0.269 e. The first-order valence-corrected chi connectivity index (χ1v) is 9.41. The normalized spacial score (nSPS) is 11.9. The van der Waals surface area contributed by atoms with Crippen LogP contribution in [0.15, 0.2) is 59.2 Å². The van der Waals surface area contributed by atoms with Gasteiger partial charge in [0.1, 0.15) is 0 Å². The Morgan fingerprint density at radius 3 is 2.57 bits per heavy atom. The molecular weight excluding hydrogens is 424 g/mol. The van der Waals surface area contributed by atoms with Crippen molar-refractivity contribution in [3.8, 4) is 5.69 Å². The van der Waals surface area contributed by atoms with E-state index in [1.54, 1.807) is 35.0 Å². The third-order valence-corrected chi connectivity index (χ3v) is 5.30. The highest BCUT2D eigenvalue weighted by Crippen LogP contribution is 2.25. The van der Waals surface area contributed by atoms with Crippen molar-refractivity contribution >= 4 is 27.5 Å². The quantitative estimate of drug-likeness (QED) is 0.424. The van der Waals surface area contributed by atoms with Crippen LogP contribution in [0.1, 0.15) is 34.6 Å². The predicted molar refractivity (Wildman–Crippen MR) is 110 cm³/mol. The van der Waals surface area contributed by atoms with Crippen molar-refractivity contribution in [2.24, 2.45) is 0 Å². The Bertz CT molecular complexity index is 1030. The van der Waals surface area contributed by atoms with Crippen LogP contribution < -0.4 is 0 Å². The number of amides is 1. The highest BCUT2D eigenvalue weighted by molar-refractivity contribution is 9.10. The number of hydrogen-bond donors (Lipinski definition) is 0. The number of carbonyl (C=O) groups is 1. The van der Waals surface area contributed by atoms with Crippen molar-refractivity contribution in [3.63, 3.8) is 0 Å². The molecule has 28 heavy (non-hydrogen) atoms. The molecule has 0 aliphatic heterocycles. The molecule has 0 spiro atoms. The van der Waals surface area contributed by atoms with E-state index in [1.165, 1.54) is 12.1 Å². The van der Waals surface area contributed by atoms with Crippen LogP contribution in [-0.2, 0) is 0 Å². The molecule has 1 atom stereocenters. The largest absolute Gasteiger partial charge is 0.335 e. The third kappa shape index (κ3) is 3.82. The molecule has 7 nitrogen and oxygen atoms in total. The van der Waals surface area contributed by atoms with Crippen molar-refractivity contribution in [1.82, 2.24) is 14.7 Å². The number of hydrogen-bond acceptors (Lipinski definition) is 4. The van der Waals surface area contributed by atoms with E-state index in [0.29, 0.717) is 11.1 Å². The van der Waals surface area contributed by atoms with Gasteiger partial charge in [-0.05, 0) is 43.7 Å². The van der Waals surface area contributed by atoms with E-state index in [0.717, 1.165) is 15.9 Å². The first-order valence-electron chi connectivity index (χ1n) is 8.61. The molecule has 1 aromatic heterocycles. The molecule has 0 N–H and O–H groups in total. The van der Waals surface area contributed by atoms with Crippen molar-refractivity contribution < 1.29 is 9.72 Å². The summed E-state index contributed by atoms with van der Waals surface area (Å²) in [5, 5.41) is 15.4. The molecule has 2 aromatic carbocycles. The molecule has 1 heterocycles. The van der Waals surface area contributed by atoms with Gasteiger partial charge in [0.05, 0.1) is 34.1 Å². The molecular formula is C20H19BrN4O3. The van der Waals surface area contributed by atoms with E-state index >= 15 is 0 Å². The van der Waals surface area contributed by atoms with Gasteiger partial charge in [-0.1, -0.05) is 28.1 Å². The molecule has 144 valence electrons. The maximum absolute atomic E-state index is 13.0. The zero-order valence-corrected chi connectivity index (χ0v) is 17.3. The standard InChI is InChI=1S/C20H19BrN4O3/c1-13(15-5-4-6-18(11-15)25(27)28)23(3)20(26)19-12-22-24(14(19)2)17-9-7-16(21)8-10-17/h4-13H,1-3H3/t13-/m0/s1. The molecule has 3 rings (SSSR count). The summed E-state index contributed by atoms with van der Waals surface area (Å²) in [5.74, 6) is -0.195. The van der Waals surface area contributed by atoms with Gasteiger partial charge in [0, 0.05) is 23.7 Å². The number of halogens is 1. The smallest absolute Gasteiger partial charge is 0.269 e. The highest BCUT2D eigenvalue weighted by Gasteiger charge is 2.24. The van der Waals surface area contributed by atoms with Gasteiger partial charge in [0.15, 0.2) is 0 Å². The molecule has 0 aliphatic rings. The van der Waals surface area contributed by atoms with Crippen molar-refractivity contribution in [3.05, 3.63) is 86.1 Å². The molecule has 1 amide bonds. The monoisotopic (exact) mass is 442 g/mol. The van der Waals surface area contributed by atoms with E-state index in [2.05, 4.69) is 21.0 Å². The lowest BCUT2D eigenvalue weighted by Crippen LogP contribution is -2.30. The molecule has 0 unspecified atom stereocenters. The summed E-state index contributed by atoms with van der Waals surface area (Å²) in [6.45, 7) is 3.68. The zero-order chi connectivity index (χ0) is 20.4. The molecule has 0 aliphatic carbocycles. The van der Waals surface area contributed by atoms with Gasteiger partial charge >= 0.3 is 0 Å². The van der Waals surface area contributed by atoms with E-state index in [1.807, 2.05) is 38.1 Å². The second-order valence-corrected chi connectivity index (χ2v) is 7.39. The van der Waals surface area contributed by atoms with Crippen LogP contribution >= 0.6 is 15.9 Å². The SMILES string of the molecule is Cc1c(C(=O)N(C)[C@@H](C)c2cccc([N+](=O)[O-])c2)cnn1-c1ccc(Br)cc1. The number of nitrogens with zero attached hydrogens (tertiary/aromatic N) is 4. The van der Waals surface area contributed by atoms with Gasteiger partial charge in [-0.25, -0.2) is 4.68 Å². The topological polar surface area (TPSA) is 81.3 Å². The van der Waals surface area contributed by atoms with E-state index in [4.69, 9.17) is 0 Å². The lowest BCUT2D eigenvalue weighted by atomic mass is 10.1. The zero-order valence-electron chi connectivity index (χ0n) is 15.7. The van der Waals surface area contributed by atoms with Crippen LogP contribution in [0, 0.1) is 17.0 Å². The Balaban J connectivity index is 1.86. The minimum absolute atomic E-state index is 0.00411. The number of non-ortho nitro benzene ring substituents is 1. The average molecular weight is 443 g/mol. The van der Waals surface area contributed by atoms with E-state index in [9.17, 15) is 14.9 Å². The Hall–Kier alpha value is -3.00. The molecule has 0 saturated carbocycles. The van der Waals surface area contributed by atoms with Crippen LogP contribution in [0.4, 0.5) is 5.69 Å². The van der Waals surface area contributed by atoms with Gasteiger partial charge in [0.25, 0.3) is 11.6 Å². The number of rotatable bonds is 5. The fourth-order valence-corrected chi connectivity index (χ4v) is 3.21. The first kappa shape index (κ1) is 19.8. The lowest BCUT2D eigenvalue weighted by Gasteiger charge is -2.25. The molecule has 0 fully saturated rings. The van der Waals surface area contributed by atoms with Gasteiger partial charge in [0.2, 0.25) is 0 Å². The maximum atomic E-state index is 13.0. The van der Waals surface area contributed by atoms with Crippen LogP contribution in [0.25, 0.3) is 5.69 Å². The van der Waals surface area contributed by atoms with Gasteiger partial charge < -0.3 is 4.90 Å². The Labute approximate surface area is 170 Å². The molecule has 0 saturated heterocycles. The Kier molecular flexibility index (Phi) is 5.60. The fourth-order valence-electron chi connectivity index (χ4n) is 2.95. The Morgan fingerprint density at radius 1 is 1.25 bits per heavy atom. The van der Waals surface area contributed by atoms with Crippen molar-refractivity contribution in [2.75, 3.05) is 7.05 Å². The second kappa shape index (κ2) is 7.93. The second-order valence-electron chi connectivity index (χ2n) is 6.48. The van der Waals surface area contributed by atoms with Crippen molar-refractivity contribution in [2.45, 2.75) is 19.9 Å². The third-order valence-electron chi connectivity index (χ3n) is 4.78. The summed E-state index contributed by atoms with van der Waals surface area (Å²) in [5.41, 5.74) is 2.77. The molecule has 0 bridgehead atoms. The molecule has 0 radical (unpaired) electrons. The number of benzene rings is 2.